The fourth-order valence-corrected chi connectivity index (χ4v) is 3.82. The van der Waals surface area contributed by atoms with Gasteiger partial charge in [-0.3, -0.25) is 9.69 Å². The van der Waals surface area contributed by atoms with Gasteiger partial charge in [-0.15, -0.1) is 6.58 Å². The number of carbonyl (C=O) groups is 3. The number of aliphatic carboxylic acids is 1. The molecule has 32 heavy (non-hydrogen) atoms. The summed E-state index contributed by atoms with van der Waals surface area (Å²) < 4.78 is 5.50. The molecule has 0 radical (unpaired) electrons. The van der Waals surface area contributed by atoms with Crippen molar-refractivity contribution in [1.82, 2.24) is 4.90 Å². The maximum absolute atomic E-state index is 13.0. The van der Waals surface area contributed by atoms with Crippen LogP contribution in [0.25, 0.3) is 6.08 Å². The number of amidine groups is 1. The van der Waals surface area contributed by atoms with Crippen molar-refractivity contribution in [2.75, 3.05) is 6.54 Å². The van der Waals surface area contributed by atoms with Gasteiger partial charge in [0, 0.05) is 12.1 Å². The first kappa shape index (κ1) is 22.8. The van der Waals surface area contributed by atoms with E-state index in [0.717, 1.165) is 11.8 Å². The molecular formula is C23H20N2O6S. The molecule has 3 rings (SSSR count). The highest BCUT2D eigenvalue weighted by molar-refractivity contribution is 8.18. The number of nitrogens with zero attached hydrogens (tertiary/aromatic N) is 2. The quantitative estimate of drug-likeness (QED) is 0.459. The van der Waals surface area contributed by atoms with Crippen molar-refractivity contribution in [3.05, 3.63) is 77.2 Å². The van der Waals surface area contributed by atoms with Crippen molar-refractivity contribution in [2.45, 2.75) is 13.0 Å². The van der Waals surface area contributed by atoms with E-state index >= 15 is 0 Å². The third kappa shape index (κ3) is 5.06. The number of aliphatic imine (C=N–C) groups is 1. The Hall–Kier alpha value is -3.85. The normalized spacial score (nSPS) is 16.9. The zero-order valence-electron chi connectivity index (χ0n) is 17.1. The molecular weight excluding hydrogens is 432 g/mol. The van der Waals surface area contributed by atoms with Crippen LogP contribution in [-0.2, 0) is 9.59 Å². The minimum Gasteiger partial charge on any atom is -0.479 e. The van der Waals surface area contributed by atoms with Crippen LogP contribution in [-0.4, -0.2) is 50.8 Å². The summed E-state index contributed by atoms with van der Waals surface area (Å²) in [7, 11) is 0. The number of hydrogen-bond donors (Lipinski definition) is 2. The molecule has 1 aliphatic heterocycles. The zero-order chi connectivity index (χ0) is 23.3. The van der Waals surface area contributed by atoms with Crippen LogP contribution in [0.15, 0.2) is 71.1 Å². The SMILES string of the molecule is C=CCN1C(=O)/C(=C/c2ccccc2OC(C)C(=O)O)SC1=Nc1ccccc1C(=O)O. The van der Waals surface area contributed by atoms with Crippen molar-refractivity contribution in [3.63, 3.8) is 0 Å². The Balaban J connectivity index is 2.00. The van der Waals surface area contributed by atoms with Gasteiger partial charge >= 0.3 is 11.9 Å². The molecule has 9 heteroatoms. The Bertz CT molecular complexity index is 1140. The average Bonchev–Trinajstić information content (AvgIpc) is 3.04. The minimum atomic E-state index is -1.12. The number of amides is 1. The highest BCUT2D eigenvalue weighted by Gasteiger charge is 2.33. The lowest BCUT2D eigenvalue weighted by Gasteiger charge is -2.13. The van der Waals surface area contributed by atoms with Crippen LogP contribution in [0.2, 0.25) is 0 Å². The largest absolute Gasteiger partial charge is 0.479 e. The maximum Gasteiger partial charge on any atom is 0.344 e. The average molecular weight is 452 g/mol. The molecule has 2 aromatic carbocycles. The van der Waals surface area contributed by atoms with Gasteiger partial charge in [0.05, 0.1) is 16.2 Å². The van der Waals surface area contributed by atoms with Crippen molar-refractivity contribution in [2.24, 2.45) is 4.99 Å². The minimum absolute atomic E-state index is 0.0189. The van der Waals surface area contributed by atoms with E-state index in [4.69, 9.17) is 9.84 Å². The molecule has 1 unspecified atom stereocenters. The molecule has 1 aliphatic rings. The lowest BCUT2D eigenvalue weighted by Crippen LogP contribution is -2.29. The van der Waals surface area contributed by atoms with E-state index in [1.807, 2.05) is 0 Å². The summed E-state index contributed by atoms with van der Waals surface area (Å²) in [5, 5.41) is 18.8. The number of ether oxygens (including phenoxy) is 1. The number of carboxylic acids is 2. The molecule has 2 aromatic rings. The topological polar surface area (TPSA) is 117 Å². The first-order valence-corrected chi connectivity index (χ1v) is 10.3. The highest BCUT2D eigenvalue weighted by Crippen LogP contribution is 2.36. The molecule has 1 amide bonds. The molecule has 0 aliphatic carbocycles. The van der Waals surface area contributed by atoms with E-state index in [-0.39, 0.29) is 23.7 Å². The molecule has 0 aromatic heterocycles. The third-order valence-corrected chi connectivity index (χ3v) is 5.41. The summed E-state index contributed by atoms with van der Waals surface area (Å²) in [4.78, 5) is 41.8. The highest BCUT2D eigenvalue weighted by atomic mass is 32.2. The van der Waals surface area contributed by atoms with Crippen molar-refractivity contribution < 1.29 is 29.3 Å². The number of rotatable bonds is 8. The summed E-state index contributed by atoms with van der Waals surface area (Å²) in [6.07, 6.45) is 2.08. The predicted molar refractivity (Wildman–Crippen MR) is 122 cm³/mol. The van der Waals surface area contributed by atoms with Gasteiger partial charge in [0.1, 0.15) is 5.75 Å². The first-order chi connectivity index (χ1) is 15.3. The van der Waals surface area contributed by atoms with Gasteiger partial charge in [0.2, 0.25) is 0 Å². The number of benzene rings is 2. The van der Waals surface area contributed by atoms with Crippen molar-refractivity contribution >= 4 is 46.5 Å². The molecule has 1 fully saturated rings. The van der Waals surface area contributed by atoms with Crippen LogP contribution < -0.4 is 4.74 Å². The Morgan fingerprint density at radius 3 is 2.56 bits per heavy atom. The van der Waals surface area contributed by atoms with Gasteiger partial charge in [0.15, 0.2) is 11.3 Å². The monoisotopic (exact) mass is 452 g/mol. The van der Waals surface area contributed by atoms with Gasteiger partial charge in [0.25, 0.3) is 5.91 Å². The van der Waals surface area contributed by atoms with Crippen LogP contribution in [0.4, 0.5) is 5.69 Å². The number of aromatic carboxylic acids is 1. The molecule has 0 spiro atoms. The predicted octanol–water partition coefficient (Wildman–Crippen LogP) is 4.03. The molecule has 1 atom stereocenters. The molecule has 0 saturated carbocycles. The third-order valence-electron chi connectivity index (χ3n) is 4.41. The molecule has 2 N–H and O–H groups in total. The van der Waals surface area contributed by atoms with Crippen LogP contribution in [0.3, 0.4) is 0 Å². The Labute approximate surface area is 188 Å². The van der Waals surface area contributed by atoms with Crippen molar-refractivity contribution in [1.29, 1.82) is 0 Å². The molecule has 8 nitrogen and oxygen atoms in total. The van der Waals surface area contributed by atoms with Crippen LogP contribution in [0.5, 0.6) is 5.75 Å². The first-order valence-electron chi connectivity index (χ1n) is 9.53. The van der Waals surface area contributed by atoms with Gasteiger partial charge < -0.3 is 14.9 Å². The lowest BCUT2D eigenvalue weighted by molar-refractivity contribution is -0.144. The second-order valence-electron chi connectivity index (χ2n) is 6.67. The number of thioether (sulfide) groups is 1. The summed E-state index contributed by atoms with van der Waals surface area (Å²) in [6, 6.07) is 13.0. The standard InChI is InChI=1S/C23H20N2O6S/c1-3-12-25-20(26)19(13-15-8-4-7-11-18(15)31-14(2)21(27)28)32-23(25)24-17-10-6-5-9-16(17)22(29)30/h3-11,13-14H,1,12H2,2H3,(H,27,28)(H,29,30)/b19-13-,24-23?. The van der Waals surface area contributed by atoms with E-state index in [2.05, 4.69) is 11.6 Å². The van der Waals surface area contributed by atoms with E-state index in [0.29, 0.717) is 21.4 Å². The molecule has 1 heterocycles. The maximum atomic E-state index is 13.0. The number of para-hydroxylation sites is 2. The van der Waals surface area contributed by atoms with Crippen LogP contribution in [0, 0.1) is 0 Å². The summed E-state index contributed by atoms with van der Waals surface area (Å²) in [5.74, 6) is -2.24. The van der Waals surface area contributed by atoms with E-state index in [1.165, 1.54) is 17.9 Å². The molecule has 164 valence electrons. The number of hydrogen-bond acceptors (Lipinski definition) is 6. The van der Waals surface area contributed by atoms with E-state index in [1.54, 1.807) is 54.6 Å². The number of carbonyl (C=O) groups excluding carboxylic acids is 1. The fraction of sp³-hybridized carbons (Fsp3) is 0.130. The molecule has 0 bridgehead atoms. The summed E-state index contributed by atoms with van der Waals surface area (Å²) in [6.45, 7) is 5.27. The van der Waals surface area contributed by atoms with E-state index in [9.17, 15) is 19.5 Å². The lowest BCUT2D eigenvalue weighted by atomic mass is 10.1. The smallest absolute Gasteiger partial charge is 0.344 e. The van der Waals surface area contributed by atoms with Gasteiger partial charge in [-0.2, -0.15) is 0 Å². The Kier molecular flexibility index (Phi) is 7.11. The zero-order valence-corrected chi connectivity index (χ0v) is 17.9. The number of carboxylic acid groups (broad SMARTS) is 2. The van der Waals surface area contributed by atoms with Gasteiger partial charge in [-0.05, 0) is 43.0 Å². The van der Waals surface area contributed by atoms with Crippen LogP contribution in [0.1, 0.15) is 22.8 Å². The van der Waals surface area contributed by atoms with Crippen molar-refractivity contribution in [3.8, 4) is 5.75 Å². The van der Waals surface area contributed by atoms with Gasteiger partial charge in [-0.25, -0.2) is 14.6 Å². The fourth-order valence-electron chi connectivity index (χ4n) is 2.83. The van der Waals surface area contributed by atoms with Crippen LogP contribution >= 0.6 is 11.8 Å². The second-order valence-corrected chi connectivity index (χ2v) is 7.68. The second kappa shape index (κ2) is 9.97. The Morgan fingerprint density at radius 1 is 1.19 bits per heavy atom. The van der Waals surface area contributed by atoms with E-state index < -0.39 is 18.0 Å². The summed E-state index contributed by atoms with van der Waals surface area (Å²) in [5.41, 5.74) is 0.775. The molecule has 1 saturated heterocycles. The van der Waals surface area contributed by atoms with Gasteiger partial charge in [-0.1, -0.05) is 36.4 Å². The summed E-state index contributed by atoms with van der Waals surface area (Å²) >= 11 is 1.09. The Morgan fingerprint density at radius 2 is 1.88 bits per heavy atom.